The zero-order valence-corrected chi connectivity index (χ0v) is 12.9. The molecule has 2 amide bonds. The van der Waals surface area contributed by atoms with Crippen LogP contribution in [0.1, 0.15) is 37.0 Å². The number of nitrogens with one attached hydrogen (secondary N) is 2. The maximum Gasteiger partial charge on any atom is 0.251 e. The molecule has 0 fully saturated rings. The van der Waals surface area contributed by atoms with Gasteiger partial charge in [0.2, 0.25) is 5.91 Å². The van der Waals surface area contributed by atoms with E-state index in [1.165, 1.54) is 0 Å². The molecule has 0 aromatic heterocycles. The van der Waals surface area contributed by atoms with Crippen molar-refractivity contribution in [2.75, 3.05) is 20.2 Å². The van der Waals surface area contributed by atoms with Crippen LogP contribution in [-0.4, -0.2) is 32.0 Å². The van der Waals surface area contributed by atoms with Crippen molar-refractivity contribution in [1.82, 2.24) is 10.6 Å². The van der Waals surface area contributed by atoms with E-state index in [0.29, 0.717) is 24.4 Å². The number of amides is 2. The molecule has 21 heavy (non-hydrogen) atoms. The molecule has 0 atom stereocenters. The van der Waals surface area contributed by atoms with Crippen LogP contribution in [0.2, 0.25) is 0 Å². The third-order valence-electron chi connectivity index (χ3n) is 3.42. The van der Waals surface area contributed by atoms with Crippen LogP contribution in [0.15, 0.2) is 24.3 Å². The van der Waals surface area contributed by atoms with Gasteiger partial charge >= 0.3 is 0 Å². The lowest BCUT2D eigenvalue weighted by Gasteiger charge is -2.13. The Morgan fingerprint density at radius 2 is 1.62 bits per heavy atom. The summed E-state index contributed by atoms with van der Waals surface area (Å²) < 4.78 is 5.04. The summed E-state index contributed by atoms with van der Waals surface area (Å²) in [4.78, 5) is 23.6. The lowest BCUT2D eigenvalue weighted by Crippen LogP contribution is -2.37. The Morgan fingerprint density at radius 1 is 1.05 bits per heavy atom. The van der Waals surface area contributed by atoms with Crippen LogP contribution in [-0.2, 0) is 4.79 Å². The summed E-state index contributed by atoms with van der Waals surface area (Å²) in [5, 5.41) is 5.61. The molecule has 0 aliphatic rings. The highest BCUT2D eigenvalue weighted by atomic mass is 16.5. The number of ether oxygens (including phenoxy) is 1. The first kappa shape index (κ1) is 17.0. The number of methoxy groups -OCH3 is 1. The normalized spacial score (nSPS) is 10.3. The monoisotopic (exact) mass is 292 g/mol. The van der Waals surface area contributed by atoms with Gasteiger partial charge in [-0.15, -0.1) is 0 Å². The van der Waals surface area contributed by atoms with Gasteiger partial charge in [-0.05, 0) is 37.1 Å². The van der Waals surface area contributed by atoms with Crippen LogP contribution in [0.25, 0.3) is 0 Å². The minimum absolute atomic E-state index is 0.0543. The molecule has 1 rings (SSSR count). The van der Waals surface area contributed by atoms with E-state index in [0.717, 1.165) is 12.8 Å². The maximum atomic E-state index is 11.9. The number of carbonyl (C=O) groups excluding carboxylic acids is 2. The highest BCUT2D eigenvalue weighted by Crippen LogP contribution is 2.11. The summed E-state index contributed by atoms with van der Waals surface area (Å²) in [5.41, 5.74) is 0.571. The van der Waals surface area contributed by atoms with Crippen LogP contribution >= 0.6 is 0 Å². The molecule has 0 bridgehead atoms. The second-order valence-corrected chi connectivity index (χ2v) is 4.79. The summed E-state index contributed by atoms with van der Waals surface area (Å²) in [7, 11) is 1.58. The molecule has 1 aromatic rings. The van der Waals surface area contributed by atoms with Crippen LogP contribution in [0.5, 0.6) is 5.75 Å². The Bertz CT molecular complexity index is 453. The topological polar surface area (TPSA) is 67.4 Å². The van der Waals surface area contributed by atoms with Crippen molar-refractivity contribution in [3.63, 3.8) is 0 Å². The van der Waals surface area contributed by atoms with Crippen molar-refractivity contribution in [1.29, 1.82) is 0 Å². The van der Waals surface area contributed by atoms with E-state index >= 15 is 0 Å². The van der Waals surface area contributed by atoms with E-state index in [1.807, 2.05) is 13.8 Å². The van der Waals surface area contributed by atoms with Crippen molar-refractivity contribution < 1.29 is 14.3 Å². The molecule has 0 aliphatic heterocycles. The highest BCUT2D eigenvalue weighted by molar-refractivity contribution is 5.94. The third kappa shape index (κ3) is 5.45. The van der Waals surface area contributed by atoms with E-state index in [2.05, 4.69) is 10.6 Å². The molecule has 2 N–H and O–H groups in total. The van der Waals surface area contributed by atoms with Gasteiger partial charge in [0, 0.05) is 24.6 Å². The molecule has 5 heteroatoms. The first-order chi connectivity index (χ1) is 10.1. The zero-order chi connectivity index (χ0) is 15.7. The predicted octanol–water partition coefficient (Wildman–Crippen LogP) is 1.98. The third-order valence-corrected chi connectivity index (χ3v) is 3.42. The summed E-state index contributed by atoms with van der Waals surface area (Å²) >= 11 is 0. The molecule has 0 saturated carbocycles. The smallest absolute Gasteiger partial charge is 0.251 e. The average molecular weight is 292 g/mol. The molecule has 0 saturated heterocycles. The number of hydrogen-bond donors (Lipinski definition) is 2. The molecule has 1 aromatic carbocycles. The van der Waals surface area contributed by atoms with Crippen LogP contribution in [0.3, 0.4) is 0 Å². The minimum Gasteiger partial charge on any atom is -0.497 e. The molecule has 0 spiro atoms. The van der Waals surface area contributed by atoms with Crippen LogP contribution < -0.4 is 15.4 Å². The lowest BCUT2D eigenvalue weighted by molar-refractivity contribution is -0.125. The number of benzene rings is 1. The summed E-state index contributed by atoms with van der Waals surface area (Å²) in [6, 6.07) is 6.89. The zero-order valence-electron chi connectivity index (χ0n) is 12.9. The van der Waals surface area contributed by atoms with Crippen molar-refractivity contribution in [2.45, 2.75) is 26.7 Å². The molecule has 0 radical (unpaired) electrons. The second kappa shape index (κ2) is 9.00. The minimum atomic E-state index is -0.158. The SMILES string of the molecule is CCC(CC)C(=O)NCCNC(=O)c1ccc(OC)cc1. The van der Waals surface area contributed by atoms with E-state index < -0.39 is 0 Å². The van der Waals surface area contributed by atoms with Gasteiger partial charge in [-0.2, -0.15) is 0 Å². The first-order valence-electron chi connectivity index (χ1n) is 7.32. The van der Waals surface area contributed by atoms with Gasteiger partial charge in [0.05, 0.1) is 7.11 Å². The fraction of sp³-hybridized carbons (Fsp3) is 0.500. The fourth-order valence-electron chi connectivity index (χ4n) is 2.01. The van der Waals surface area contributed by atoms with Gasteiger partial charge in [-0.25, -0.2) is 0 Å². The Morgan fingerprint density at radius 3 is 2.14 bits per heavy atom. The Balaban J connectivity index is 2.31. The number of hydrogen-bond acceptors (Lipinski definition) is 3. The van der Waals surface area contributed by atoms with Crippen molar-refractivity contribution >= 4 is 11.8 Å². The molecule has 0 unspecified atom stereocenters. The largest absolute Gasteiger partial charge is 0.497 e. The van der Waals surface area contributed by atoms with Gasteiger partial charge in [0.1, 0.15) is 5.75 Å². The van der Waals surface area contributed by atoms with Crippen molar-refractivity contribution in [2.24, 2.45) is 5.92 Å². The molecular weight excluding hydrogens is 268 g/mol. The Kier molecular flexibility index (Phi) is 7.29. The van der Waals surface area contributed by atoms with Crippen LogP contribution in [0.4, 0.5) is 0 Å². The molecule has 0 aliphatic carbocycles. The number of carbonyl (C=O) groups is 2. The van der Waals surface area contributed by atoms with Crippen molar-refractivity contribution in [3.05, 3.63) is 29.8 Å². The maximum absolute atomic E-state index is 11.9. The van der Waals surface area contributed by atoms with E-state index in [1.54, 1.807) is 31.4 Å². The standard InChI is InChI=1S/C16H24N2O3/c1-4-12(5-2)15(19)17-10-11-18-16(20)13-6-8-14(21-3)9-7-13/h6-9,12H,4-5,10-11H2,1-3H3,(H,17,19)(H,18,20). The second-order valence-electron chi connectivity index (χ2n) is 4.79. The van der Waals surface area contributed by atoms with E-state index in [4.69, 9.17) is 4.74 Å². The van der Waals surface area contributed by atoms with Crippen LogP contribution in [0, 0.1) is 5.92 Å². The molecule has 0 heterocycles. The van der Waals surface area contributed by atoms with Gasteiger partial charge in [0.25, 0.3) is 5.91 Å². The molecular formula is C16H24N2O3. The first-order valence-corrected chi connectivity index (χ1v) is 7.32. The van der Waals surface area contributed by atoms with Gasteiger partial charge < -0.3 is 15.4 Å². The molecule has 116 valence electrons. The average Bonchev–Trinajstić information content (AvgIpc) is 2.52. The predicted molar refractivity (Wildman–Crippen MR) is 82.4 cm³/mol. The quantitative estimate of drug-likeness (QED) is 0.720. The van der Waals surface area contributed by atoms with Gasteiger partial charge in [-0.3, -0.25) is 9.59 Å². The Hall–Kier alpha value is -2.04. The summed E-state index contributed by atoms with van der Waals surface area (Å²) in [5.74, 6) is 0.666. The van der Waals surface area contributed by atoms with E-state index in [-0.39, 0.29) is 17.7 Å². The number of rotatable bonds is 8. The fourth-order valence-corrected chi connectivity index (χ4v) is 2.01. The van der Waals surface area contributed by atoms with Crippen molar-refractivity contribution in [3.8, 4) is 5.75 Å². The van der Waals surface area contributed by atoms with Gasteiger partial charge in [-0.1, -0.05) is 13.8 Å². The summed E-state index contributed by atoms with van der Waals surface area (Å²) in [6.45, 7) is 4.85. The lowest BCUT2D eigenvalue weighted by atomic mass is 10.0. The highest BCUT2D eigenvalue weighted by Gasteiger charge is 2.13. The Labute approximate surface area is 126 Å². The van der Waals surface area contributed by atoms with E-state index in [9.17, 15) is 9.59 Å². The van der Waals surface area contributed by atoms with Gasteiger partial charge in [0.15, 0.2) is 0 Å². The summed E-state index contributed by atoms with van der Waals surface area (Å²) in [6.07, 6.45) is 1.67. The molecule has 5 nitrogen and oxygen atoms in total.